The molecular weight excluding hydrogens is 312 g/mol. The summed E-state index contributed by atoms with van der Waals surface area (Å²) in [7, 11) is 0. The summed E-state index contributed by atoms with van der Waals surface area (Å²) in [6, 6.07) is 10.2. The molecule has 1 N–H and O–H groups in total. The molecule has 0 spiro atoms. The van der Waals surface area contributed by atoms with Crippen LogP contribution in [-0.2, 0) is 12.8 Å². The molecule has 1 unspecified atom stereocenters. The third kappa shape index (κ3) is 4.14. The first-order valence-electron chi connectivity index (χ1n) is 8.00. The molecule has 0 saturated heterocycles. The molecule has 4 nitrogen and oxygen atoms in total. The summed E-state index contributed by atoms with van der Waals surface area (Å²) >= 11 is 0. The molecule has 0 aliphatic rings. The van der Waals surface area contributed by atoms with Gasteiger partial charge in [0.1, 0.15) is 11.0 Å². The maximum atomic E-state index is 13.2. The summed E-state index contributed by atoms with van der Waals surface area (Å²) in [5.41, 5.74) is 3.51. The van der Waals surface area contributed by atoms with E-state index in [1.807, 2.05) is 25.1 Å². The predicted octanol–water partition coefficient (Wildman–Crippen LogP) is 3.65. The minimum absolute atomic E-state index is 0.192. The van der Waals surface area contributed by atoms with Crippen LogP contribution >= 0.6 is 0 Å². The third-order valence-electron chi connectivity index (χ3n) is 3.98. The Bertz CT molecular complexity index is 819. The van der Waals surface area contributed by atoms with Crippen molar-refractivity contribution in [3.63, 3.8) is 0 Å². The van der Waals surface area contributed by atoms with E-state index in [0.717, 1.165) is 36.0 Å². The molecule has 0 bridgehead atoms. The lowest BCUT2D eigenvalue weighted by molar-refractivity contribution is 0.315. The Kier molecular flexibility index (Phi) is 5.15. The Labute approximate surface area is 138 Å². The standard InChI is InChI=1S/C18H19F2N3O/c1-12(9-14-4-6-15(19)16(20)10-14)21-8-2-3-13-5-7-17-18(11-13)23-24-22-17/h4-7,10-12,21H,2-3,8-9H2,1H3. The van der Waals surface area contributed by atoms with Gasteiger partial charge in [-0.1, -0.05) is 12.1 Å². The molecule has 1 heterocycles. The Balaban J connectivity index is 1.43. The van der Waals surface area contributed by atoms with Crippen molar-refractivity contribution in [3.05, 3.63) is 59.2 Å². The molecular formula is C18H19F2N3O. The second-order valence-corrected chi connectivity index (χ2v) is 6.00. The molecule has 0 fully saturated rings. The molecule has 0 radical (unpaired) electrons. The topological polar surface area (TPSA) is 51.0 Å². The smallest absolute Gasteiger partial charge is 0.159 e. The highest BCUT2D eigenvalue weighted by Crippen LogP contribution is 2.13. The zero-order valence-electron chi connectivity index (χ0n) is 13.4. The van der Waals surface area contributed by atoms with Crippen molar-refractivity contribution < 1.29 is 13.4 Å². The molecule has 2 aromatic carbocycles. The molecule has 0 aliphatic heterocycles. The molecule has 126 valence electrons. The fraction of sp³-hybridized carbons (Fsp3) is 0.333. The Morgan fingerprint density at radius 1 is 1.00 bits per heavy atom. The van der Waals surface area contributed by atoms with E-state index >= 15 is 0 Å². The zero-order valence-corrected chi connectivity index (χ0v) is 13.4. The molecule has 1 atom stereocenters. The van der Waals surface area contributed by atoms with Crippen molar-refractivity contribution >= 4 is 11.0 Å². The number of fused-ring (bicyclic) bond motifs is 1. The van der Waals surface area contributed by atoms with Gasteiger partial charge in [-0.3, -0.25) is 0 Å². The van der Waals surface area contributed by atoms with Gasteiger partial charge in [0.25, 0.3) is 0 Å². The fourth-order valence-electron chi connectivity index (χ4n) is 2.72. The lowest BCUT2D eigenvalue weighted by atomic mass is 10.1. The summed E-state index contributed by atoms with van der Waals surface area (Å²) < 4.78 is 30.8. The highest BCUT2D eigenvalue weighted by Gasteiger charge is 2.07. The highest BCUT2D eigenvalue weighted by atomic mass is 19.2. The normalized spacial score (nSPS) is 12.6. The van der Waals surface area contributed by atoms with E-state index in [-0.39, 0.29) is 6.04 Å². The van der Waals surface area contributed by atoms with Crippen molar-refractivity contribution in [2.75, 3.05) is 6.54 Å². The van der Waals surface area contributed by atoms with E-state index in [9.17, 15) is 8.78 Å². The average Bonchev–Trinajstić information content (AvgIpc) is 3.03. The lowest BCUT2D eigenvalue weighted by Crippen LogP contribution is -2.29. The SMILES string of the molecule is CC(Cc1ccc(F)c(F)c1)NCCCc1ccc2nonc2c1. The first-order chi connectivity index (χ1) is 11.6. The number of hydrogen-bond acceptors (Lipinski definition) is 4. The number of aryl methyl sites for hydroxylation is 1. The minimum atomic E-state index is -0.807. The van der Waals surface area contributed by atoms with Crippen molar-refractivity contribution in [3.8, 4) is 0 Å². The van der Waals surface area contributed by atoms with E-state index in [1.54, 1.807) is 6.07 Å². The van der Waals surface area contributed by atoms with E-state index in [4.69, 9.17) is 0 Å². The van der Waals surface area contributed by atoms with E-state index in [1.165, 1.54) is 17.7 Å². The second-order valence-electron chi connectivity index (χ2n) is 6.00. The van der Waals surface area contributed by atoms with Crippen LogP contribution in [0.3, 0.4) is 0 Å². The molecule has 3 rings (SSSR count). The number of benzene rings is 2. The van der Waals surface area contributed by atoms with Crippen LogP contribution in [0.4, 0.5) is 8.78 Å². The minimum Gasteiger partial charge on any atom is -0.314 e. The summed E-state index contributed by atoms with van der Waals surface area (Å²) in [6.07, 6.45) is 2.56. The van der Waals surface area contributed by atoms with E-state index < -0.39 is 11.6 Å². The summed E-state index contributed by atoms with van der Waals surface area (Å²) in [6.45, 7) is 2.88. The lowest BCUT2D eigenvalue weighted by Gasteiger charge is -2.14. The Morgan fingerprint density at radius 3 is 2.62 bits per heavy atom. The van der Waals surface area contributed by atoms with Crippen LogP contribution < -0.4 is 5.32 Å². The van der Waals surface area contributed by atoms with Crippen molar-refractivity contribution in [2.45, 2.75) is 32.2 Å². The molecule has 3 aromatic rings. The van der Waals surface area contributed by atoms with Crippen molar-refractivity contribution in [1.82, 2.24) is 15.6 Å². The van der Waals surface area contributed by atoms with Crippen molar-refractivity contribution in [2.24, 2.45) is 0 Å². The number of halogens is 2. The van der Waals surface area contributed by atoms with Gasteiger partial charge >= 0.3 is 0 Å². The third-order valence-corrected chi connectivity index (χ3v) is 3.98. The number of aromatic nitrogens is 2. The van der Waals surface area contributed by atoms with Gasteiger partial charge in [0, 0.05) is 6.04 Å². The van der Waals surface area contributed by atoms with Crippen LogP contribution in [0.5, 0.6) is 0 Å². The molecule has 0 aliphatic carbocycles. The van der Waals surface area contributed by atoms with E-state index in [0.29, 0.717) is 6.42 Å². The number of nitrogens with zero attached hydrogens (tertiary/aromatic N) is 2. The summed E-state index contributed by atoms with van der Waals surface area (Å²) in [5, 5.41) is 11.0. The highest BCUT2D eigenvalue weighted by molar-refractivity contribution is 5.73. The second kappa shape index (κ2) is 7.49. The average molecular weight is 331 g/mol. The molecule has 0 saturated carbocycles. The van der Waals surface area contributed by atoms with Crippen LogP contribution in [0.1, 0.15) is 24.5 Å². The first-order valence-corrected chi connectivity index (χ1v) is 8.00. The molecule has 24 heavy (non-hydrogen) atoms. The van der Waals surface area contributed by atoms with Gasteiger partial charge < -0.3 is 5.32 Å². The monoisotopic (exact) mass is 331 g/mol. The maximum Gasteiger partial charge on any atom is 0.159 e. The maximum absolute atomic E-state index is 13.2. The van der Waals surface area contributed by atoms with Gasteiger partial charge in [0.2, 0.25) is 0 Å². The van der Waals surface area contributed by atoms with Gasteiger partial charge in [-0.05, 0) is 78.4 Å². The largest absolute Gasteiger partial charge is 0.314 e. The zero-order chi connectivity index (χ0) is 16.9. The van der Waals surface area contributed by atoms with Crippen LogP contribution in [-0.4, -0.2) is 22.9 Å². The predicted molar refractivity (Wildman–Crippen MR) is 87.7 cm³/mol. The number of nitrogens with one attached hydrogen (secondary N) is 1. The number of rotatable bonds is 7. The summed E-state index contributed by atoms with van der Waals surface area (Å²) in [4.78, 5) is 0. The van der Waals surface area contributed by atoms with Gasteiger partial charge in [-0.15, -0.1) is 0 Å². The number of hydrogen-bond donors (Lipinski definition) is 1. The van der Waals surface area contributed by atoms with Crippen molar-refractivity contribution in [1.29, 1.82) is 0 Å². The van der Waals surface area contributed by atoms with Gasteiger partial charge in [0.05, 0.1) is 0 Å². The summed E-state index contributed by atoms with van der Waals surface area (Å²) in [5.74, 6) is -1.60. The van der Waals surface area contributed by atoms with Crippen LogP contribution in [0.15, 0.2) is 41.0 Å². The van der Waals surface area contributed by atoms with Gasteiger partial charge in [-0.25, -0.2) is 13.4 Å². The Hall–Kier alpha value is -2.34. The van der Waals surface area contributed by atoms with Crippen LogP contribution in [0.2, 0.25) is 0 Å². The van der Waals surface area contributed by atoms with Crippen LogP contribution in [0, 0.1) is 11.6 Å². The van der Waals surface area contributed by atoms with E-state index in [2.05, 4.69) is 20.3 Å². The molecule has 6 heteroatoms. The molecule has 0 amide bonds. The van der Waals surface area contributed by atoms with Gasteiger partial charge in [0.15, 0.2) is 11.6 Å². The first kappa shape index (κ1) is 16.5. The quantitative estimate of drug-likeness (QED) is 0.671. The molecule has 1 aromatic heterocycles. The fourth-order valence-corrected chi connectivity index (χ4v) is 2.72. The Morgan fingerprint density at radius 2 is 1.79 bits per heavy atom. The van der Waals surface area contributed by atoms with Gasteiger partial charge in [-0.2, -0.15) is 0 Å². The van der Waals surface area contributed by atoms with Crippen LogP contribution in [0.25, 0.3) is 11.0 Å².